The number of nitrogens with two attached hydrogens (primary N) is 1. The van der Waals surface area contributed by atoms with E-state index in [0.717, 1.165) is 28.9 Å². The Morgan fingerprint density at radius 2 is 1.85 bits per heavy atom. The monoisotopic (exact) mass is 448 g/mol. The van der Waals surface area contributed by atoms with Gasteiger partial charge in [-0.05, 0) is 48.2 Å². The highest BCUT2D eigenvalue weighted by Crippen LogP contribution is 2.14. The number of carbonyl (C=O) groups excluding carboxylic acids is 1. The molecule has 1 amide bonds. The second kappa shape index (κ2) is 12.0. The van der Waals surface area contributed by atoms with Crippen molar-refractivity contribution in [2.45, 2.75) is 38.5 Å². The average Bonchev–Trinajstić information content (AvgIpc) is 2.83. The number of aromatic nitrogens is 1. The Labute approximate surface area is 195 Å². The van der Waals surface area contributed by atoms with E-state index in [1.165, 1.54) is 5.56 Å². The third-order valence-corrected chi connectivity index (χ3v) is 5.41. The molecule has 0 aliphatic carbocycles. The van der Waals surface area contributed by atoms with E-state index >= 15 is 0 Å². The Bertz CT molecular complexity index is 1020. The van der Waals surface area contributed by atoms with Gasteiger partial charge in [-0.1, -0.05) is 42.5 Å². The van der Waals surface area contributed by atoms with Crippen LogP contribution in [0.3, 0.4) is 0 Å². The van der Waals surface area contributed by atoms with E-state index < -0.39 is 6.10 Å². The fourth-order valence-electron chi connectivity index (χ4n) is 3.49. The summed E-state index contributed by atoms with van der Waals surface area (Å²) in [4.78, 5) is 16.3. The van der Waals surface area contributed by atoms with Gasteiger partial charge >= 0.3 is 0 Å². The molecule has 0 aliphatic heterocycles. The van der Waals surface area contributed by atoms with Gasteiger partial charge in [0.15, 0.2) is 0 Å². The number of carbonyl (C=O) groups is 1. The van der Waals surface area contributed by atoms with E-state index in [1.54, 1.807) is 25.4 Å². The third-order valence-electron chi connectivity index (χ3n) is 5.41. The highest BCUT2D eigenvalue weighted by Gasteiger charge is 2.11. The molecule has 2 atom stereocenters. The van der Waals surface area contributed by atoms with Crippen LogP contribution in [0.4, 0.5) is 5.82 Å². The van der Waals surface area contributed by atoms with Gasteiger partial charge in [0, 0.05) is 30.9 Å². The Morgan fingerprint density at radius 1 is 1.09 bits per heavy atom. The molecular formula is C26H32N4O3. The largest absolute Gasteiger partial charge is 0.497 e. The number of anilines is 1. The fraction of sp³-hybridized carbons (Fsp3) is 0.308. The molecule has 0 fully saturated rings. The van der Waals surface area contributed by atoms with Crippen LogP contribution in [0, 0.1) is 0 Å². The number of aliphatic hydroxyl groups is 1. The van der Waals surface area contributed by atoms with Gasteiger partial charge in [-0.3, -0.25) is 4.79 Å². The van der Waals surface area contributed by atoms with Crippen molar-refractivity contribution in [1.29, 1.82) is 0 Å². The first kappa shape index (κ1) is 24.2. The minimum atomic E-state index is -0.640. The molecule has 0 saturated heterocycles. The van der Waals surface area contributed by atoms with Crippen molar-refractivity contribution in [3.8, 4) is 5.75 Å². The van der Waals surface area contributed by atoms with Crippen LogP contribution >= 0.6 is 0 Å². The predicted molar refractivity (Wildman–Crippen MR) is 130 cm³/mol. The van der Waals surface area contributed by atoms with E-state index in [-0.39, 0.29) is 11.9 Å². The maximum absolute atomic E-state index is 12.3. The molecule has 2 unspecified atom stereocenters. The molecule has 7 heteroatoms. The zero-order valence-electron chi connectivity index (χ0n) is 19.1. The average molecular weight is 449 g/mol. The van der Waals surface area contributed by atoms with E-state index in [0.29, 0.717) is 25.3 Å². The smallest absolute Gasteiger partial charge is 0.224 e. The summed E-state index contributed by atoms with van der Waals surface area (Å²) < 4.78 is 5.21. The lowest BCUT2D eigenvalue weighted by atomic mass is 10.0. The van der Waals surface area contributed by atoms with Crippen molar-refractivity contribution in [2.75, 3.05) is 19.4 Å². The number of amides is 1. The number of hydrogen-bond donors (Lipinski definition) is 4. The van der Waals surface area contributed by atoms with Crippen LogP contribution in [0.5, 0.6) is 5.75 Å². The summed E-state index contributed by atoms with van der Waals surface area (Å²) in [6.45, 7) is 2.97. The summed E-state index contributed by atoms with van der Waals surface area (Å²) in [6.07, 6.45) is 2.10. The standard InChI is InChI=1S/C26H32N4O3/c1-18(28-17-24(31)22-10-11-25(27)29-16-22)12-19-6-8-20(9-7-19)14-26(32)30-15-21-4-3-5-23(13-21)33-2/h3-11,13,16,18,24,28,31H,12,14-15,17H2,1-2H3,(H2,27,29)(H,30,32). The topological polar surface area (TPSA) is 110 Å². The zero-order valence-corrected chi connectivity index (χ0v) is 19.1. The second-order valence-corrected chi connectivity index (χ2v) is 8.17. The molecular weight excluding hydrogens is 416 g/mol. The molecule has 174 valence electrons. The van der Waals surface area contributed by atoms with Gasteiger partial charge in [-0.15, -0.1) is 0 Å². The number of nitrogens with zero attached hydrogens (tertiary/aromatic N) is 1. The van der Waals surface area contributed by atoms with Crippen molar-refractivity contribution >= 4 is 11.7 Å². The van der Waals surface area contributed by atoms with Gasteiger partial charge in [0.25, 0.3) is 0 Å². The highest BCUT2D eigenvalue weighted by molar-refractivity contribution is 5.78. The van der Waals surface area contributed by atoms with Crippen LogP contribution in [-0.4, -0.2) is 35.7 Å². The number of aliphatic hydroxyl groups excluding tert-OH is 1. The van der Waals surface area contributed by atoms with Crippen molar-refractivity contribution in [2.24, 2.45) is 0 Å². The lowest BCUT2D eigenvalue weighted by Gasteiger charge is -2.17. The number of hydrogen-bond acceptors (Lipinski definition) is 6. The first-order valence-corrected chi connectivity index (χ1v) is 11.0. The molecule has 3 aromatic rings. The van der Waals surface area contributed by atoms with Crippen molar-refractivity contribution in [3.05, 3.63) is 89.1 Å². The lowest BCUT2D eigenvalue weighted by molar-refractivity contribution is -0.120. The molecule has 0 radical (unpaired) electrons. The number of nitrogens with one attached hydrogen (secondary N) is 2. The Morgan fingerprint density at radius 3 is 2.55 bits per heavy atom. The van der Waals surface area contributed by atoms with Crippen molar-refractivity contribution in [3.63, 3.8) is 0 Å². The number of nitrogen functional groups attached to an aromatic ring is 1. The molecule has 1 heterocycles. The van der Waals surface area contributed by atoms with E-state index in [1.807, 2.05) is 48.5 Å². The van der Waals surface area contributed by atoms with Gasteiger partial charge in [0.05, 0.1) is 19.6 Å². The number of pyridine rings is 1. The van der Waals surface area contributed by atoms with Gasteiger partial charge in [-0.2, -0.15) is 0 Å². The van der Waals surface area contributed by atoms with Gasteiger partial charge in [-0.25, -0.2) is 4.98 Å². The minimum Gasteiger partial charge on any atom is -0.497 e. The van der Waals surface area contributed by atoms with Gasteiger partial charge in [0.2, 0.25) is 5.91 Å². The summed E-state index contributed by atoms with van der Waals surface area (Å²) in [5.74, 6) is 1.19. The van der Waals surface area contributed by atoms with Gasteiger partial charge < -0.3 is 26.2 Å². The molecule has 0 bridgehead atoms. The summed E-state index contributed by atoms with van der Waals surface area (Å²) in [5, 5.41) is 16.6. The van der Waals surface area contributed by atoms with E-state index in [4.69, 9.17) is 10.5 Å². The molecule has 33 heavy (non-hydrogen) atoms. The molecule has 7 nitrogen and oxygen atoms in total. The number of benzene rings is 2. The summed E-state index contributed by atoms with van der Waals surface area (Å²) in [7, 11) is 1.63. The van der Waals surface area contributed by atoms with Crippen LogP contribution in [-0.2, 0) is 24.2 Å². The molecule has 1 aromatic heterocycles. The Hall–Kier alpha value is -3.42. The maximum Gasteiger partial charge on any atom is 0.224 e. The van der Waals surface area contributed by atoms with Crippen molar-refractivity contribution in [1.82, 2.24) is 15.6 Å². The second-order valence-electron chi connectivity index (χ2n) is 8.17. The quantitative estimate of drug-likeness (QED) is 0.359. The highest BCUT2D eigenvalue weighted by atomic mass is 16.5. The van der Waals surface area contributed by atoms with E-state index in [2.05, 4.69) is 22.5 Å². The molecule has 0 spiro atoms. The van der Waals surface area contributed by atoms with Crippen molar-refractivity contribution < 1.29 is 14.6 Å². The number of rotatable bonds is 11. The summed E-state index contributed by atoms with van der Waals surface area (Å²) in [5.41, 5.74) is 9.45. The summed E-state index contributed by atoms with van der Waals surface area (Å²) >= 11 is 0. The van der Waals surface area contributed by atoms with Crippen LogP contribution in [0.2, 0.25) is 0 Å². The van der Waals surface area contributed by atoms with Gasteiger partial charge in [0.1, 0.15) is 11.6 Å². The van der Waals surface area contributed by atoms with Crippen LogP contribution in [0.25, 0.3) is 0 Å². The van der Waals surface area contributed by atoms with Crippen LogP contribution in [0.15, 0.2) is 66.9 Å². The SMILES string of the molecule is COc1cccc(CNC(=O)Cc2ccc(CC(C)NCC(O)c3ccc(N)nc3)cc2)c1. The fourth-order valence-corrected chi connectivity index (χ4v) is 3.49. The summed E-state index contributed by atoms with van der Waals surface area (Å²) in [6, 6.07) is 19.4. The zero-order chi connectivity index (χ0) is 23.6. The Balaban J connectivity index is 1.41. The minimum absolute atomic E-state index is 0.0215. The third kappa shape index (κ3) is 7.89. The number of ether oxygens (including phenoxy) is 1. The molecule has 5 N–H and O–H groups in total. The van der Waals surface area contributed by atoms with E-state index in [9.17, 15) is 9.90 Å². The molecule has 0 aliphatic rings. The first-order valence-electron chi connectivity index (χ1n) is 11.0. The lowest BCUT2D eigenvalue weighted by Crippen LogP contribution is -2.32. The molecule has 2 aromatic carbocycles. The van der Waals surface area contributed by atoms with Crippen LogP contribution in [0.1, 0.15) is 35.3 Å². The predicted octanol–water partition coefficient (Wildman–Crippen LogP) is 2.79. The molecule has 3 rings (SSSR count). The Kier molecular flexibility index (Phi) is 8.80. The maximum atomic E-state index is 12.3. The number of methoxy groups -OCH3 is 1. The van der Waals surface area contributed by atoms with Crippen LogP contribution < -0.4 is 21.1 Å². The normalized spacial score (nSPS) is 12.7. The first-order chi connectivity index (χ1) is 15.9. The molecule has 0 saturated carbocycles.